The number of aliphatic carboxylic acids is 1. The molecule has 0 saturated heterocycles. The molecule has 0 radical (unpaired) electrons. The van der Waals surface area contributed by atoms with Crippen molar-refractivity contribution in [2.45, 2.75) is 76.3 Å². The molecule has 3 rings (SSSR count). The molecule has 0 heterocycles. The molecular formula is C24H31F3O2. The molecule has 29 heavy (non-hydrogen) atoms. The van der Waals surface area contributed by atoms with Gasteiger partial charge in [0.1, 0.15) is 0 Å². The Kier molecular flexibility index (Phi) is 7.42. The van der Waals surface area contributed by atoms with Gasteiger partial charge in [-0.2, -0.15) is 13.2 Å². The van der Waals surface area contributed by atoms with Crippen molar-refractivity contribution in [2.75, 3.05) is 0 Å². The van der Waals surface area contributed by atoms with Crippen LogP contribution in [-0.2, 0) is 11.0 Å². The van der Waals surface area contributed by atoms with Gasteiger partial charge in [0.25, 0.3) is 0 Å². The molecule has 1 N–H and O–H groups in total. The molecule has 0 aromatic heterocycles. The van der Waals surface area contributed by atoms with Crippen LogP contribution >= 0.6 is 0 Å². The summed E-state index contributed by atoms with van der Waals surface area (Å²) < 4.78 is 38.2. The van der Waals surface area contributed by atoms with Crippen LogP contribution < -0.4 is 0 Å². The van der Waals surface area contributed by atoms with Crippen molar-refractivity contribution in [1.29, 1.82) is 0 Å². The van der Waals surface area contributed by atoms with Crippen molar-refractivity contribution in [1.82, 2.24) is 0 Å². The lowest BCUT2D eigenvalue weighted by atomic mass is 9.68. The number of alkyl halides is 3. The molecule has 2 saturated carbocycles. The van der Waals surface area contributed by atoms with E-state index in [1.807, 2.05) is 6.08 Å². The first-order valence-corrected chi connectivity index (χ1v) is 10.9. The van der Waals surface area contributed by atoms with Gasteiger partial charge in [0.15, 0.2) is 0 Å². The van der Waals surface area contributed by atoms with E-state index in [1.54, 1.807) is 12.1 Å². The van der Waals surface area contributed by atoms with E-state index in [-0.39, 0.29) is 6.42 Å². The predicted octanol–water partition coefficient (Wildman–Crippen LogP) is 7.21. The Morgan fingerprint density at radius 1 is 0.931 bits per heavy atom. The molecule has 2 nitrogen and oxygen atoms in total. The van der Waals surface area contributed by atoms with Crippen molar-refractivity contribution in [3.8, 4) is 0 Å². The normalized spacial score (nSPS) is 28.5. The molecule has 2 fully saturated rings. The van der Waals surface area contributed by atoms with Crippen LogP contribution in [-0.4, -0.2) is 11.1 Å². The van der Waals surface area contributed by atoms with Gasteiger partial charge in [-0.15, -0.1) is 0 Å². The molecule has 2 aliphatic carbocycles. The van der Waals surface area contributed by atoms with Crippen molar-refractivity contribution < 1.29 is 23.1 Å². The van der Waals surface area contributed by atoms with Gasteiger partial charge in [-0.3, -0.25) is 4.79 Å². The van der Waals surface area contributed by atoms with E-state index in [2.05, 4.69) is 6.08 Å². The van der Waals surface area contributed by atoms with Gasteiger partial charge < -0.3 is 5.11 Å². The maximum atomic E-state index is 12.7. The van der Waals surface area contributed by atoms with Gasteiger partial charge in [-0.1, -0.05) is 24.3 Å². The second-order valence-electron chi connectivity index (χ2n) is 8.77. The van der Waals surface area contributed by atoms with Crippen molar-refractivity contribution in [3.63, 3.8) is 0 Å². The molecule has 0 spiro atoms. The third-order valence-electron chi connectivity index (χ3n) is 6.90. The first-order chi connectivity index (χ1) is 13.8. The fourth-order valence-corrected chi connectivity index (χ4v) is 5.17. The van der Waals surface area contributed by atoms with E-state index >= 15 is 0 Å². The smallest absolute Gasteiger partial charge is 0.416 e. The van der Waals surface area contributed by atoms with Crippen LogP contribution in [0.4, 0.5) is 13.2 Å². The van der Waals surface area contributed by atoms with Gasteiger partial charge in [0.2, 0.25) is 0 Å². The zero-order valence-corrected chi connectivity index (χ0v) is 16.8. The second-order valence-corrected chi connectivity index (χ2v) is 8.77. The van der Waals surface area contributed by atoms with Crippen molar-refractivity contribution in [3.05, 3.63) is 47.5 Å². The Labute approximate surface area is 171 Å². The first-order valence-electron chi connectivity index (χ1n) is 10.9. The van der Waals surface area contributed by atoms with Crippen LogP contribution in [0.2, 0.25) is 0 Å². The van der Waals surface area contributed by atoms with Crippen LogP contribution in [0.3, 0.4) is 0 Å². The third kappa shape index (κ3) is 6.35. The summed E-state index contributed by atoms with van der Waals surface area (Å²) in [6, 6.07) is 5.75. The molecule has 5 heteroatoms. The van der Waals surface area contributed by atoms with E-state index < -0.39 is 17.7 Å². The minimum absolute atomic E-state index is 0.202. The Morgan fingerprint density at radius 2 is 1.48 bits per heavy atom. The van der Waals surface area contributed by atoms with E-state index in [0.717, 1.165) is 30.2 Å². The lowest BCUT2D eigenvalue weighted by molar-refractivity contribution is -0.138. The number of carboxylic acid groups (broad SMARTS) is 1. The van der Waals surface area contributed by atoms with Crippen LogP contribution in [0.15, 0.2) is 36.4 Å². The first kappa shape index (κ1) is 21.9. The van der Waals surface area contributed by atoms with Gasteiger partial charge in [-0.25, -0.2) is 0 Å². The summed E-state index contributed by atoms with van der Waals surface area (Å²) in [6.07, 6.45) is 10.1. The fourth-order valence-electron chi connectivity index (χ4n) is 5.17. The monoisotopic (exact) mass is 408 g/mol. The standard InChI is InChI=1S/C24H31F3O2/c25-24(26,27)22-15-13-21(14-16-22)20-11-9-19(10-12-20)18-7-5-17(6-8-18)3-1-2-4-23(28)29/h1,3,13-20H,2,4-12H2,(H,28,29)/t17-,18-,19-,20-. The second kappa shape index (κ2) is 9.82. The average molecular weight is 409 g/mol. The number of benzene rings is 1. The SMILES string of the molecule is O=C(O)CCC=C[C@H]1CC[C@H]([C@H]2CC[C@H](c3ccc(C(F)(F)F)cc3)CC2)CC1. The summed E-state index contributed by atoms with van der Waals surface area (Å²) in [7, 11) is 0. The highest BCUT2D eigenvalue weighted by molar-refractivity contribution is 5.66. The quantitative estimate of drug-likeness (QED) is 0.505. The average Bonchev–Trinajstić information content (AvgIpc) is 2.71. The number of allylic oxidation sites excluding steroid dienone is 2. The molecule has 0 amide bonds. The van der Waals surface area contributed by atoms with Gasteiger partial charge >= 0.3 is 12.1 Å². The summed E-state index contributed by atoms with van der Waals surface area (Å²) in [4.78, 5) is 10.6. The zero-order valence-electron chi connectivity index (χ0n) is 16.8. The maximum absolute atomic E-state index is 12.7. The molecule has 2 aliphatic rings. The minimum atomic E-state index is -4.26. The number of halogens is 3. The third-order valence-corrected chi connectivity index (χ3v) is 6.90. The van der Waals surface area contributed by atoms with Crippen molar-refractivity contribution >= 4 is 5.97 Å². The molecule has 1 aromatic carbocycles. The molecule has 0 bridgehead atoms. The number of hydrogen-bond donors (Lipinski definition) is 1. The van der Waals surface area contributed by atoms with Crippen LogP contribution in [0.1, 0.15) is 81.3 Å². The summed E-state index contributed by atoms with van der Waals surface area (Å²) in [5.74, 6) is 1.75. The molecule has 0 unspecified atom stereocenters. The van der Waals surface area contributed by atoms with Crippen LogP contribution in [0, 0.1) is 17.8 Å². The van der Waals surface area contributed by atoms with Crippen LogP contribution in [0.25, 0.3) is 0 Å². The molecule has 0 atom stereocenters. The molecule has 1 aromatic rings. The summed E-state index contributed by atoms with van der Waals surface area (Å²) in [6.45, 7) is 0. The summed E-state index contributed by atoms with van der Waals surface area (Å²) in [5.41, 5.74) is 0.482. The van der Waals surface area contributed by atoms with Gasteiger partial charge in [-0.05, 0) is 99.2 Å². The van der Waals surface area contributed by atoms with Gasteiger partial charge in [0, 0.05) is 6.42 Å². The Hall–Kier alpha value is -1.78. The maximum Gasteiger partial charge on any atom is 0.416 e. The number of hydrogen-bond acceptors (Lipinski definition) is 1. The fraction of sp³-hybridized carbons (Fsp3) is 0.625. The largest absolute Gasteiger partial charge is 0.481 e. The van der Waals surface area contributed by atoms with Crippen LogP contribution in [0.5, 0.6) is 0 Å². The highest BCUT2D eigenvalue weighted by Gasteiger charge is 2.32. The summed E-state index contributed by atoms with van der Waals surface area (Å²) >= 11 is 0. The number of carbonyl (C=O) groups is 1. The van der Waals surface area contributed by atoms with Crippen molar-refractivity contribution in [2.24, 2.45) is 17.8 Å². The molecule has 0 aliphatic heterocycles. The molecular weight excluding hydrogens is 377 g/mol. The minimum Gasteiger partial charge on any atom is -0.481 e. The van der Waals surface area contributed by atoms with E-state index in [0.29, 0.717) is 18.3 Å². The van der Waals surface area contributed by atoms with E-state index in [9.17, 15) is 18.0 Å². The number of rotatable bonds is 6. The highest BCUT2D eigenvalue weighted by atomic mass is 19.4. The van der Waals surface area contributed by atoms with E-state index in [1.165, 1.54) is 50.7 Å². The summed E-state index contributed by atoms with van der Waals surface area (Å²) in [5, 5.41) is 8.69. The lowest BCUT2D eigenvalue weighted by Crippen LogP contribution is -2.25. The Morgan fingerprint density at radius 3 is 2.00 bits per heavy atom. The highest BCUT2D eigenvalue weighted by Crippen LogP contribution is 2.44. The van der Waals surface area contributed by atoms with Gasteiger partial charge in [0.05, 0.1) is 5.56 Å². The predicted molar refractivity (Wildman–Crippen MR) is 108 cm³/mol. The Balaban J connectivity index is 1.42. The lowest BCUT2D eigenvalue weighted by Gasteiger charge is -2.37. The number of carboxylic acids is 1. The zero-order chi connectivity index (χ0) is 20.9. The molecule has 160 valence electrons. The Bertz CT molecular complexity index is 677. The topological polar surface area (TPSA) is 37.3 Å². The van der Waals surface area contributed by atoms with E-state index in [4.69, 9.17) is 5.11 Å².